The van der Waals surface area contributed by atoms with Crippen molar-refractivity contribution in [1.82, 2.24) is 4.57 Å². The van der Waals surface area contributed by atoms with Crippen LogP contribution in [0.1, 0.15) is 15.9 Å². The van der Waals surface area contributed by atoms with E-state index in [0.29, 0.717) is 11.3 Å². The van der Waals surface area contributed by atoms with E-state index in [4.69, 9.17) is 14.2 Å². The highest BCUT2D eigenvalue weighted by Crippen LogP contribution is 2.22. The number of aromatic nitrogens is 1. The first kappa shape index (κ1) is 17.5. The Morgan fingerprint density at radius 1 is 1.04 bits per heavy atom. The molecule has 3 aromatic rings. The Bertz CT molecular complexity index is 944. The number of fused-ring (bicyclic) bond motifs is 1. The van der Waals surface area contributed by atoms with Gasteiger partial charge in [0, 0.05) is 17.1 Å². The van der Waals surface area contributed by atoms with Crippen LogP contribution < -0.4 is 4.74 Å². The van der Waals surface area contributed by atoms with Gasteiger partial charge in [-0.25, -0.2) is 4.79 Å². The minimum atomic E-state index is -0.440. The predicted molar refractivity (Wildman–Crippen MR) is 96.1 cm³/mol. The Hall–Kier alpha value is -3.28. The van der Waals surface area contributed by atoms with Crippen LogP contribution in [0.15, 0.2) is 54.7 Å². The fraction of sp³-hybridized carbons (Fsp3) is 0.200. The van der Waals surface area contributed by atoms with Crippen LogP contribution in [0, 0.1) is 0 Å². The highest BCUT2D eigenvalue weighted by molar-refractivity contribution is 6.04. The van der Waals surface area contributed by atoms with E-state index >= 15 is 0 Å². The largest absolute Gasteiger partial charge is 0.497 e. The second-order valence-electron chi connectivity index (χ2n) is 5.69. The summed E-state index contributed by atoms with van der Waals surface area (Å²) in [5, 5.41) is 0.736. The number of ether oxygens (including phenoxy) is 3. The molecule has 26 heavy (non-hydrogen) atoms. The highest BCUT2D eigenvalue weighted by atomic mass is 16.5. The predicted octanol–water partition coefficient (Wildman–Crippen LogP) is 3.18. The van der Waals surface area contributed by atoms with Crippen LogP contribution >= 0.6 is 0 Å². The van der Waals surface area contributed by atoms with E-state index in [-0.39, 0.29) is 13.2 Å². The van der Waals surface area contributed by atoms with Gasteiger partial charge in [-0.15, -0.1) is 0 Å². The van der Waals surface area contributed by atoms with Crippen LogP contribution in [0.3, 0.4) is 0 Å². The van der Waals surface area contributed by atoms with Gasteiger partial charge in [0.2, 0.25) is 0 Å². The molecule has 0 spiro atoms. The molecule has 0 atom stereocenters. The molecule has 0 saturated heterocycles. The summed E-state index contributed by atoms with van der Waals surface area (Å²) < 4.78 is 17.0. The lowest BCUT2D eigenvalue weighted by atomic mass is 10.2. The van der Waals surface area contributed by atoms with E-state index in [2.05, 4.69) is 0 Å². The normalized spacial score (nSPS) is 10.5. The molecule has 1 aromatic heterocycles. The van der Waals surface area contributed by atoms with Crippen molar-refractivity contribution in [2.45, 2.75) is 13.2 Å². The Kier molecular flexibility index (Phi) is 5.22. The van der Waals surface area contributed by atoms with Crippen LogP contribution in [0.4, 0.5) is 0 Å². The molecule has 0 unspecified atom stereocenters. The van der Waals surface area contributed by atoms with Gasteiger partial charge in [-0.3, -0.25) is 4.79 Å². The Labute approximate surface area is 150 Å². The fourth-order valence-corrected chi connectivity index (χ4v) is 2.76. The summed E-state index contributed by atoms with van der Waals surface area (Å²) in [4.78, 5) is 24.2. The van der Waals surface area contributed by atoms with Crippen LogP contribution in [0.2, 0.25) is 0 Å². The smallest absolute Gasteiger partial charge is 0.340 e. The maximum atomic E-state index is 12.2. The quantitative estimate of drug-likeness (QED) is 0.637. The minimum absolute atomic E-state index is 0.00146. The van der Waals surface area contributed by atoms with Gasteiger partial charge in [-0.1, -0.05) is 30.3 Å². The molecule has 0 radical (unpaired) electrons. The first-order chi connectivity index (χ1) is 12.6. The minimum Gasteiger partial charge on any atom is -0.497 e. The molecule has 0 amide bonds. The molecule has 0 aliphatic carbocycles. The van der Waals surface area contributed by atoms with E-state index in [9.17, 15) is 9.59 Å². The molecule has 134 valence electrons. The molecule has 2 aromatic carbocycles. The van der Waals surface area contributed by atoms with Crippen molar-refractivity contribution in [1.29, 1.82) is 0 Å². The molecule has 1 heterocycles. The third kappa shape index (κ3) is 3.69. The van der Waals surface area contributed by atoms with Gasteiger partial charge >= 0.3 is 11.9 Å². The standard InChI is InChI=1S/C20H19NO5/c1-24-15-7-5-6-14(10-15)13-26-19(22)12-21-11-17(20(23)25-2)16-8-3-4-9-18(16)21/h3-11H,12-13H2,1-2H3. The zero-order valence-electron chi connectivity index (χ0n) is 14.6. The first-order valence-electron chi connectivity index (χ1n) is 8.07. The number of methoxy groups -OCH3 is 2. The SMILES string of the molecule is COC(=O)c1cn(CC(=O)OCc2cccc(OC)c2)c2ccccc12. The number of hydrogen-bond donors (Lipinski definition) is 0. The second-order valence-corrected chi connectivity index (χ2v) is 5.69. The molecule has 0 aliphatic heterocycles. The average molecular weight is 353 g/mol. The van der Waals surface area contributed by atoms with Gasteiger partial charge in [0.25, 0.3) is 0 Å². The summed E-state index contributed by atoms with van der Waals surface area (Å²) in [6.45, 7) is 0.153. The lowest BCUT2D eigenvalue weighted by Crippen LogP contribution is -2.13. The van der Waals surface area contributed by atoms with Crippen LogP contribution in [0.25, 0.3) is 10.9 Å². The molecule has 6 nitrogen and oxygen atoms in total. The molecule has 0 aliphatic rings. The van der Waals surface area contributed by atoms with Crippen molar-refractivity contribution in [2.24, 2.45) is 0 Å². The first-order valence-corrected chi connectivity index (χ1v) is 8.07. The number of hydrogen-bond acceptors (Lipinski definition) is 5. The van der Waals surface area contributed by atoms with Crippen molar-refractivity contribution in [2.75, 3.05) is 14.2 Å². The lowest BCUT2D eigenvalue weighted by molar-refractivity contribution is -0.145. The van der Waals surface area contributed by atoms with Gasteiger partial charge in [-0.05, 0) is 23.8 Å². The number of carbonyl (C=O) groups is 2. The van der Waals surface area contributed by atoms with Gasteiger partial charge in [0.15, 0.2) is 0 Å². The van der Waals surface area contributed by atoms with Gasteiger partial charge in [0.1, 0.15) is 18.9 Å². The highest BCUT2D eigenvalue weighted by Gasteiger charge is 2.17. The summed E-state index contributed by atoms with van der Waals surface area (Å²) in [7, 11) is 2.91. The van der Waals surface area contributed by atoms with E-state index < -0.39 is 11.9 Å². The molecule has 0 bridgehead atoms. The third-order valence-corrected chi connectivity index (χ3v) is 4.03. The molecular weight excluding hydrogens is 334 g/mol. The molecule has 0 N–H and O–H groups in total. The second kappa shape index (κ2) is 7.74. The maximum absolute atomic E-state index is 12.2. The van der Waals surface area contributed by atoms with E-state index in [1.807, 2.05) is 48.5 Å². The zero-order chi connectivity index (χ0) is 18.5. The summed E-state index contributed by atoms with van der Waals surface area (Å²) >= 11 is 0. The van der Waals surface area contributed by atoms with Gasteiger partial charge in [-0.2, -0.15) is 0 Å². The summed E-state index contributed by atoms with van der Waals surface area (Å²) in [5.74, 6) is -0.132. The van der Waals surface area contributed by atoms with Crippen LogP contribution in [-0.4, -0.2) is 30.7 Å². The summed E-state index contributed by atoms with van der Waals surface area (Å²) in [6, 6.07) is 14.7. The molecule has 0 fully saturated rings. The number of para-hydroxylation sites is 1. The lowest BCUT2D eigenvalue weighted by Gasteiger charge is -2.08. The summed E-state index contributed by atoms with van der Waals surface area (Å²) in [5.41, 5.74) is 2.03. The van der Waals surface area contributed by atoms with Crippen LogP contribution in [-0.2, 0) is 27.4 Å². The molecular formula is C20H19NO5. The van der Waals surface area contributed by atoms with Gasteiger partial charge < -0.3 is 18.8 Å². The van der Waals surface area contributed by atoms with E-state index in [0.717, 1.165) is 16.5 Å². The number of esters is 2. The topological polar surface area (TPSA) is 66.8 Å². The molecule has 3 rings (SSSR count). The van der Waals surface area contributed by atoms with Crippen molar-refractivity contribution < 1.29 is 23.8 Å². The van der Waals surface area contributed by atoms with E-state index in [1.54, 1.807) is 17.9 Å². The average Bonchev–Trinajstić information content (AvgIpc) is 3.04. The number of nitrogens with zero attached hydrogens (tertiary/aromatic N) is 1. The summed E-state index contributed by atoms with van der Waals surface area (Å²) in [6.07, 6.45) is 1.61. The van der Waals surface area contributed by atoms with Gasteiger partial charge in [0.05, 0.1) is 19.8 Å². The van der Waals surface area contributed by atoms with Crippen molar-refractivity contribution in [3.05, 3.63) is 65.9 Å². The molecule has 6 heteroatoms. The Morgan fingerprint density at radius 2 is 1.85 bits per heavy atom. The van der Waals surface area contributed by atoms with Crippen LogP contribution in [0.5, 0.6) is 5.75 Å². The maximum Gasteiger partial charge on any atom is 0.340 e. The number of benzene rings is 2. The Balaban J connectivity index is 1.74. The van der Waals surface area contributed by atoms with Crippen molar-refractivity contribution in [3.63, 3.8) is 0 Å². The van der Waals surface area contributed by atoms with E-state index in [1.165, 1.54) is 7.11 Å². The monoisotopic (exact) mass is 353 g/mol. The Morgan fingerprint density at radius 3 is 2.62 bits per heavy atom. The fourth-order valence-electron chi connectivity index (χ4n) is 2.76. The number of carbonyl (C=O) groups excluding carboxylic acids is 2. The third-order valence-electron chi connectivity index (χ3n) is 4.03. The van der Waals surface area contributed by atoms with Crippen molar-refractivity contribution in [3.8, 4) is 5.75 Å². The zero-order valence-corrected chi connectivity index (χ0v) is 14.6. The number of rotatable bonds is 6. The molecule has 0 saturated carbocycles. The van der Waals surface area contributed by atoms with Crippen molar-refractivity contribution >= 4 is 22.8 Å².